The zero-order chi connectivity index (χ0) is 11.9. The standard InChI is InChI=1S/C13H23N3S/c1-12(11-16-8-3-2-4-9-16)14-6-5-13-15-7-10-17-13/h7,10,12,14H,2-6,8-9,11H2,1H3. The molecular weight excluding hydrogens is 230 g/mol. The Morgan fingerprint density at radius 3 is 2.94 bits per heavy atom. The number of likely N-dealkylation sites (tertiary alicyclic amines) is 1. The van der Waals surface area contributed by atoms with Gasteiger partial charge in [-0.05, 0) is 32.9 Å². The van der Waals surface area contributed by atoms with Gasteiger partial charge in [0.2, 0.25) is 0 Å². The van der Waals surface area contributed by atoms with E-state index in [0.29, 0.717) is 6.04 Å². The van der Waals surface area contributed by atoms with Crippen LogP contribution in [0, 0.1) is 0 Å². The van der Waals surface area contributed by atoms with Crippen molar-refractivity contribution < 1.29 is 0 Å². The van der Waals surface area contributed by atoms with Crippen molar-refractivity contribution in [2.75, 3.05) is 26.2 Å². The first-order valence-electron chi connectivity index (χ1n) is 6.69. The number of hydrogen-bond donors (Lipinski definition) is 1. The Kier molecular flexibility index (Phi) is 5.42. The van der Waals surface area contributed by atoms with Crippen molar-refractivity contribution in [2.45, 2.75) is 38.6 Å². The van der Waals surface area contributed by atoms with Crippen LogP contribution in [-0.2, 0) is 6.42 Å². The van der Waals surface area contributed by atoms with Crippen molar-refractivity contribution in [3.8, 4) is 0 Å². The normalized spacial score (nSPS) is 19.4. The highest BCUT2D eigenvalue weighted by Gasteiger charge is 2.12. The lowest BCUT2D eigenvalue weighted by molar-refractivity contribution is 0.209. The van der Waals surface area contributed by atoms with Gasteiger partial charge in [0.25, 0.3) is 0 Å². The van der Waals surface area contributed by atoms with Gasteiger partial charge in [-0.2, -0.15) is 0 Å². The smallest absolute Gasteiger partial charge is 0.0937 e. The molecule has 2 rings (SSSR count). The van der Waals surface area contributed by atoms with Gasteiger partial charge in [-0.25, -0.2) is 4.98 Å². The fraction of sp³-hybridized carbons (Fsp3) is 0.769. The third kappa shape index (κ3) is 4.74. The molecule has 0 spiro atoms. The maximum atomic E-state index is 4.30. The molecule has 0 amide bonds. The van der Waals surface area contributed by atoms with Gasteiger partial charge >= 0.3 is 0 Å². The summed E-state index contributed by atoms with van der Waals surface area (Å²) in [5.41, 5.74) is 0. The second kappa shape index (κ2) is 7.09. The number of nitrogens with zero attached hydrogens (tertiary/aromatic N) is 2. The Bertz CT molecular complexity index is 294. The predicted molar refractivity (Wildman–Crippen MR) is 73.6 cm³/mol. The van der Waals surface area contributed by atoms with E-state index in [4.69, 9.17) is 0 Å². The maximum absolute atomic E-state index is 4.30. The number of rotatable bonds is 6. The van der Waals surface area contributed by atoms with Gasteiger partial charge in [0.1, 0.15) is 0 Å². The molecule has 0 radical (unpaired) electrons. The van der Waals surface area contributed by atoms with E-state index in [9.17, 15) is 0 Å². The highest BCUT2D eigenvalue weighted by molar-refractivity contribution is 7.09. The lowest BCUT2D eigenvalue weighted by Gasteiger charge is -2.29. The van der Waals surface area contributed by atoms with Crippen LogP contribution in [0.4, 0.5) is 0 Å². The quantitative estimate of drug-likeness (QED) is 0.842. The third-order valence-corrected chi connectivity index (χ3v) is 4.14. The average Bonchev–Trinajstić information content (AvgIpc) is 2.83. The molecule has 1 unspecified atom stereocenters. The van der Waals surface area contributed by atoms with Gasteiger partial charge < -0.3 is 10.2 Å². The molecule has 1 aliphatic rings. The average molecular weight is 253 g/mol. The molecule has 1 N–H and O–H groups in total. The van der Waals surface area contributed by atoms with E-state index in [2.05, 4.69) is 22.1 Å². The van der Waals surface area contributed by atoms with Gasteiger partial charge in [-0.1, -0.05) is 6.42 Å². The Balaban J connectivity index is 1.58. The second-order valence-electron chi connectivity index (χ2n) is 4.89. The Morgan fingerprint density at radius 2 is 2.24 bits per heavy atom. The molecule has 4 heteroatoms. The van der Waals surface area contributed by atoms with E-state index in [0.717, 1.165) is 13.0 Å². The number of aromatic nitrogens is 1. The molecule has 1 aliphatic heterocycles. The molecule has 0 bridgehead atoms. The highest BCUT2D eigenvalue weighted by atomic mass is 32.1. The highest BCUT2D eigenvalue weighted by Crippen LogP contribution is 2.09. The van der Waals surface area contributed by atoms with Crippen LogP contribution in [0.2, 0.25) is 0 Å². The van der Waals surface area contributed by atoms with Crippen LogP contribution in [-0.4, -0.2) is 42.1 Å². The van der Waals surface area contributed by atoms with E-state index >= 15 is 0 Å². The summed E-state index contributed by atoms with van der Waals surface area (Å²) in [5.74, 6) is 0. The molecule has 1 atom stereocenters. The van der Waals surface area contributed by atoms with Crippen LogP contribution in [0.25, 0.3) is 0 Å². The summed E-state index contributed by atoms with van der Waals surface area (Å²) in [6.45, 7) is 7.11. The summed E-state index contributed by atoms with van der Waals surface area (Å²) in [7, 11) is 0. The molecule has 0 saturated carbocycles. The minimum atomic E-state index is 0.591. The van der Waals surface area contributed by atoms with Crippen LogP contribution >= 0.6 is 11.3 Å². The van der Waals surface area contributed by atoms with Gasteiger partial charge in [0.15, 0.2) is 0 Å². The number of nitrogens with one attached hydrogen (secondary N) is 1. The van der Waals surface area contributed by atoms with E-state index in [1.54, 1.807) is 11.3 Å². The van der Waals surface area contributed by atoms with Gasteiger partial charge in [0.05, 0.1) is 5.01 Å². The number of thiazole rings is 1. The van der Waals surface area contributed by atoms with E-state index in [-0.39, 0.29) is 0 Å². The monoisotopic (exact) mass is 253 g/mol. The summed E-state index contributed by atoms with van der Waals surface area (Å²) < 4.78 is 0. The van der Waals surface area contributed by atoms with Crippen molar-refractivity contribution >= 4 is 11.3 Å². The molecule has 17 heavy (non-hydrogen) atoms. The van der Waals surface area contributed by atoms with Crippen LogP contribution in [0.3, 0.4) is 0 Å². The van der Waals surface area contributed by atoms with Crippen LogP contribution in [0.15, 0.2) is 11.6 Å². The van der Waals surface area contributed by atoms with Crippen molar-refractivity contribution in [3.63, 3.8) is 0 Å². The summed E-state index contributed by atoms with van der Waals surface area (Å²) in [5, 5.41) is 6.88. The van der Waals surface area contributed by atoms with Crippen molar-refractivity contribution in [2.24, 2.45) is 0 Å². The van der Waals surface area contributed by atoms with Gasteiger partial charge in [-0.15, -0.1) is 11.3 Å². The van der Waals surface area contributed by atoms with Crippen molar-refractivity contribution in [1.29, 1.82) is 0 Å². The van der Waals surface area contributed by atoms with Gasteiger partial charge in [-0.3, -0.25) is 0 Å². The maximum Gasteiger partial charge on any atom is 0.0937 e. The predicted octanol–water partition coefficient (Wildman–Crippen LogP) is 2.15. The summed E-state index contributed by atoms with van der Waals surface area (Å²) >= 11 is 1.75. The van der Waals surface area contributed by atoms with Crippen LogP contribution < -0.4 is 5.32 Å². The number of hydrogen-bond acceptors (Lipinski definition) is 4. The minimum absolute atomic E-state index is 0.591. The topological polar surface area (TPSA) is 28.2 Å². The molecular formula is C13H23N3S. The van der Waals surface area contributed by atoms with Crippen LogP contribution in [0.1, 0.15) is 31.2 Å². The summed E-state index contributed by atoms with van der Waals surface area (Å²) in [4.78, 5) is 6.88. The first-order chi connectivity index (χ1) is 8.34. The fourth-order valence-corrected chi connectivity index (χ4v) is 3.02. The zero-order valence-corrected chi connectivity index (χ0v) is 11.5. The van der Waals surface area contributed by atoms with Gasteiger partial charge in [0, 0.05) is 37.1 Å². The Morgan fingerprint density at radius 1 is 1.41 bits per heavy atom. The molecule has 96 valence electrons. The second-order valence-corrected chi connectivity index (χ2v) is 5.87. The fourth-order valence-electron chi connectivity index (χ4n) is 2.40. The summed E-state index contributed by atoms with van der Waals surface area (Å²) in [6, 6.07) is 0.591. The van der Waals surface area contributed by atoms with Crippen molar-refractivity contribution in [1.82, 2.24) is 15.2 Å². The first kappa shape index (κ1) is 13.0. The third-order valence-electron chi connectivity index (χ3n) is 3.30. The molecule has 1 fully saturated rings. The number of piperidine rings is 1. The first-order valence-corrected chi connectivity index (χ1v) is 7.56. The molecule has 0 aliphatic carbocycles. The molecule has 1 aromatic heterocycles. The van der Waals surface area contributed by atoms with E-state index < -0.39 is 0 Å². The van der Waals surface area contributed by atoms with Crippen molar-refractivity contribution in [3.05, 3.63) is 16.6 Å². The molecule has 2 heterocycles. The van der Waals surface area contributed by atoms with E-state index in [1.165, 1.54) is 43.9 Å². The Hall–Kier alpha value is -0.450. The zero-order valence-electron chi connectivity index (χ0n) is 10.7. The molecule has 3 nitrogen and oxygen atoms in total. The largest absolute Gasteiger partial charge is 0.313 e. The molecule has 1 aromatic rings. The lowest BCUT2D eigenvalue weighted by Crippen LogP contribution is -2.42. The minimum Gasteiger partial charge on any atom is -0.313 e. The van der Waals surface area contributed by atoms with E-state index in [1.807, 2.05) is 11.6 Å². The SMILES string of the molecule is CC(CN1CCCCC1)NCCc1nccs1. The molecule has 1 saturated heterocycles. The van der Waals surface area contributed by atoms with Crippen LogP contribution in [0.5, 0.6) is 0 Å². The Labute approximate surface area is 108 Å². The lowest BCUT2D eigenvalue weighted by atomic mass is 10.1. The summed E-state index contributed by atoms with van der Waals surface area (Å²) in [6.07, 6.45) is 7.12. The molecule has 0 aromatic carbocycles.